The molecule has 3 aromatic rings. The van der Waals surface area contributed by atoms with Crippen LogP contribution in [0.3, 0.4) is 0 Å². The molecule has 0 amide bonds. The van der Waals surface area contributed by atoms with Crippen LogP contribution in [0.2, 0.25) is 0 Å². The van der Waals surface area contributed by atoms with Crippen LogP contribution in [-0.2, 0) is 6.54 Å². The number of thiazole rings is 1. The van der Waals surface area contributed by atoms with Gasteiger partial charge in [0, 0.05) is 11.6 Å². The molecule has 20 heavy (non-hydrogen) atoms. The summed E-state index contributed by atoms with van der Waals surface area (Å²) in [5.41, 5.74) is 5.00. The normalized spacial score (nSPS) is 10.7. The van der Waals surface area contributed by atoms with Crippen molar-refractivity contribution in [3.63, 3.8) is 0 Å². The summed E-state index contributed by atoms with van der Waals surface area (Å²) in [6.07, 6.45) is 1.78. The SMILES string of the molecule is Cc1n[nH]c(C)c1NCc1csc(-c2ccccn2)n1. The summed E-state index contributed by atoms with van der Waals surface area (Å²) in [6.45, 7) is 4.67. The minimum atomic E-state index is 0.685. The van der Waals surface area contributed by atoms with Crippen LogP contribution in [0, 0.1) is 13.8 Å². The van der Waals surface area contributed by atoms with Crippen molar-refractivity contribution < 1.29 is 0 Å². The molecule has 0 fully saturated rings. The molecule has 0 unspecified atom stereocenters. The van der Waals surface area contributed by atoms with Crippen LogP contribution < -0.4 is 5.32 Å². The minimum Gasteiger partial charge on any atom is -0.376 e. The first-order valence-corrected chi connectivity index (χ1v) is 7.23. The number of hydrogen-bond donors (Lipinski definition) is 2. The van der Waals surface area contributed by atoms with Crippen molar-refractivity contribution in [2.24, 2.45) is 0 Å². The van der Waals surface area contributed by atoms with Gasteiger partial charge in [-0.3, -0.25) is 10.1 Å². The maximum absolute atomic E-state index is 4.60. The van der Waals surface area contributed by atoms with Crippen molar-refractivity contribution in [3.05, 3.63) is 46.9 Å². The molecular formula is C14H15N5S. The average molecular weight is 285 g/mol. The molecule has 0 radical (unpaired) electrons. The maximum atomic E-state index is 4.60. The highest BCUT2D eigenvalue weighted by Crippen LogP contribution is 2.22. The monoisotopic (exact) mass is 285 g/mol. The summed E-state index contributed by atoms with van der Waals surface area (Å²) in [5, 5.41) is 13.5. The Morgan fingerprint density at radius 2 is 2.20 bits per heavy atom. The molecule has 0 aromatic carbocycles. The minimum absolute atomic E-state index is 0.685. The summed E-state index contributed by atoms with van der Waals surface area (Å²) >= 11 is 1.61. The van der Waals surface area contributed by atoms with E-state index in [1.165, 1.54) is 0 Å². The highest BCUT2D eigenvalue weighted by Gasteiger charge is 2.08. The van der Waals surface area contributed by atoms with E-state index in [-0.39, 0.29) is 0 Å². The summed E-state index contributed by atoms with van der Waals surface area (Å²) in [6, 6.07) is 5.85. The molecule has 3 aromatic heterocycles. The van der Waals surface area contributed by atoms with Gasteiger partial charge in [0.2, 0.25) is 0 Å². The van der Waals surface area contributed by atoms with E-state index in [0.717, 1.165) is 33.5 Å². The van der Waals surface area contributed by atoms with Gasteiger partial charge in [0.25, 0.3) is 0 Å². The molecule has 5 nitrogen and oxygen atoms in total. The summed E-state index contributed by atoms with van der Waals surface area (Å²) in [4.78, 5) is 8.92. The lowest BCUT2D eigenvalue weighted by Gasteiger charge is -2.03. The van der Waals surface area contributed by atoms with Crippen LogP contribution in [0.4, 0.5) is 5.69 Å². The van der Waals surface area contributed by atoms with Gasteiger partial charge in [-0.25, -0.2) is 4.98 Å². The Labute approximate surface area is 121 Å². The van der Waals surface area contributed by atoms with E-state index in [9.17, 15) is 0 Å². The van der Waals surface area contributed by atoms with Crippen LogP contribution in [0.15, 0.2) is 29.8 Å². The maximum Gasteiger partial charge on any atom is 0.142 e. The Bertz CT molecular complexity index is 682. The Balaban J connectivity index is 1.72. The van der Waals surface area contributed by atoms with Crippen molar-refractivity contribution in [1.82, 2.24) is 20.2 Å². The van der Waals surface area contributed by atoms with Crippen molar-refractivity contribution in [2.75, 3.05) is 5.32 Å². The molecule has 0 atom stereocenters. The van der Waals surface area contributed by atoms with Gasteiger partial charge in [-0.15, -0.1) is 11.3 Å². The second kappa shape index (κ2) is 5.42. The first kappa shape index (κ1) is 12.8. The van der Waals surface area contributed by atoms with Gasteiger partial charge < -0.3 is 5.32 Å². The van der Waals surface area contributed by atoms with Gasteiger partial charge >= 0.3 is 0 Å². The topological polar surface area (TPSA) is 66.5 Å². The number of hydrogen-bond acceptors (Lipinski definition) is 5. The number of aromatic amines is 1. The number of rotatable bonds is 4. The number of pyridine rings is 1. The standard InChI is InChI=1S/C14H15N5S/c1-9-13(10(2)19-18-9)16-7-11-8-20-14(17-11)12-5-3-4-6-15-12/h3-6,8,16H,7H2,1-2H3,(H,18,19). The molecule has 3 rings (SSSR count). The second-order valence-corrected chi connectivity index (χ2v) is 5.38. The predicted octanol–water partition coefficient (Wildman–Crippen LogP) is 3.16. The molecule has 0 saturated heterocycles. The number of nitrogens with zero attached hydrogens (tertiary/aromatic N) is 3. The van der Waals surface area contributed by atoms with Crippen molar-refractivity contribution in [3.8, 4) is 10.7 Å². The largest absolute Gasteiger partial charge is 0.376 e. The smallest absolute Gasteiger partial charge is 0.142 e. The molecule has 0 aliphatic rings. The first-order valence-electron chi connectivity index (χ1n) is 6.35. The fraction of sp³-hybridized carbons (Fsp3) is 0.214. The second-order valence-electron chi connectivity index (χ2n) is 4.52. The average Bonchev–Trinajstić information content (AvgIpc) is 3.06. The quantitative estimate of drug-likeness (QED) is 0.772. The van der Waals surface area contributed by atoms with Crippen LogP contribution >= 0.6 is 11.3 Å². The van der Waals surface area contributed by atoms with E-state index in [0.29, 0.717) is 6.54 Å². The highest BCUT2D eigenvalue weighted by atomic mass is 32.1. The van der Waals surface area contributed by atoms with Crippen LogP contribution in [0.25, 0.3) is 10.7 Å². The first-order chi connectivity index (χ1) is 9.74. The van der Waals surface area contributed by atoms with Crippen molar-refractivity contribution in [1.29, 1.82) is 0 Å². The van der Waals surface area contributed by atoms with E-state index in [1.54, 1.807) is 17.5 Å². The van der Waals surface area contributed by atoms with Crippen molar-refractivity contribution >= 4 is 17.0 Å². The Morgan fingerprint density at radius 1 is 1.30 bits per heavy atom. The van der Waals surface area contributed by atoms with E-state index in [2.05, 4.69) is 30.9 Å². The lowest BCUT2D eigenvalue weighted by Crippen LogP contribution is -2.01. The van der Waals surface area contributed by atoms with E-state index >= 15 is 0 Å². The third-order valence-electron chi connectivity index (χ3n) is 3.01. The van der Waals surface area contributed by atoms with E-state index < -0.39 is 0 Å². The molecule has 0 saturated carbocycles. The number of H-pyrrole nitrogens is 1. The molecule has 102 valence electrons. The number of aryl methyl sites for hydroxylation is 2. The number of nitrogens with one attached hydrogen (secondary N) is 2. The lowest BCUT2D eigenvalue weighted by atomic mass is 10.3. The molecular weight excluding hydrogens is 270 g/mol. The fourth-order valence-corrected chi connectivity index (χ4v) is 2.78. The Morgan fingerprint density at radius 3 is 2.90 bits per heavy atom. The lowest BCUT2D eigenvalue weighted by molar-refractivity contribution is 1.02. The van der Waals surface area contributed by atoms with Crippen LogP contribution in [0.1, 0.15) is 17.1 Å². The molecule has 0 aliphatic carbocycles. The molecule has 0 aliphatic heterocycles. The molecule has 0 spiro atoms. The summed E-state index contributed by atoms with van der Waals surface area (Å²) in [5.74, 6) is 0. The van der Waals surface area contributed by atoms with Gasteiger partial charge in [0.1, 0.15) is 5.01 Å². The third kappa shape index (κ3) is 2.55. The zero-order valence-electron chi connectivity index (χ0n) is 11.3. The fourth-order valence-electron chi connectivity index (χ4n) is 1.99. The number of anilines is 1. The highest BCUT2D eigenvalue weighted by molar-refractivity contribution is 7.13. The predicted molar refractivity (Wildman–Crippen MR) is 80.7 cm³/mol. The van der Waals surface area contributed by atoms with Crippen molar-refractivity contribution in [2.45, 2.75) is 20.4 Å². The molecule has 0 bridgehead atoms. The van der Waals surface area contributed by atoms with Gasteiger partial charge in [-0.1, -0.05) is 6.07 Å². The van der Waals surface area contributed by atoms with Gasteiger partial charge in [-0.05, 0) is 26.0 Å². The zero-order valence-corrected chi connectivity index (χ0v) is 12.2. The van der Waals surface area contributed by atoms with Crippen LogP contribution in [-0.4, -0.2) is 20.2 Å². The Hall–Kier alpha value is -2.21. The van der Waals surface area contributed by atoms with Crippen LogP contribution in [0.5, 0.6) is 0 Å². The molecule has 2 N–H and O–H groups in total. The van der Waals surface area contributed by atoms with Gasteiger partial charge in [0.15, 0.2) is 0 Å². The summed E-state index contributed by atoms with van der Waals surface area (Å²) in [7, 11) is 0. The summed E-state index contributed by atoms with van der Waals surface area (Å²) < 4.78 is 0. The van der Waals surface area contributed by atoms with Gasteiger partial charge in [0.05, 0.1) is 35.0 Å². The van der Waals surface area contributed by atoms with E-state index in [4.69, 9.17) is 0 Å². The van der Waals surface area contributed by atoms with Gasteiger partial charge in [-0.2, -0.15) is 5.10 Å². The molecule has 6 heteroatoms. The number of aromatic nitrogens is 4. The zero-order chi connectivity index (χ0) is 13.9. The third-order valence-corrected chi connectivity index (χ3v) is 3.92. The Kier molecular flexibility index (Phi) is 3.47. The van der Waals surface area contributed by atoms with E-state index in [1.807, 2.05) is 32.0 Å². The molecule has 3 heterocycles.